The van der Waals surface area contributed by atoms with Crippen molar-refractivity contribution in [3.05, 3.63) is 329 Å². The van der Waals surface area contributed by atoms with Gasteiger partial charge in [-0.1, -0.05) is 260 Å². The van der Waals surface area contributed by atoms with Crippen LogP contribution < -0.4 is 4.90 Å². The Morgan fingerprint density at radius 1 is 0.429 bits per heavy atom. The van der Waals surface area contributed by atoms with Crippen molar-refractivity contribution in [2.75, 3.05) is 11.4 Å². The molecule has 0 unspecified atom stereocenters. The van der Waals surface area contributed by atoms with E-state index in [2.05, 4.69) is 305 Å². The molecule has 0 aliphatic heterocycles. The van der Waals surface area contributed by atoms with Crippen LogP contribution in [-0.2, 0) is 10.8 Å². The number of rotatable bonds is 8. The van der Waals surface area contributed by atoms with Gasteiger partial charge in [0, 0.05) is 23.5 Å². The van der Waals surface area contributed by atoms with E-state index in [0.29, 0.717) is 6.54 Å². The third-order valence-electron chi connectivity index (χ3n) is 14.2. The molecule has 0 saturated heterocycles. The van der Waals surface area contributed by atoms with E-state index in [1.54, 1.807) is 0 Å². The zero-order chi connectivity index (χ0) is 47.9. The van der Waals surface area contributed by atoms with E-state index >= 15 is 0 Å². The maximum Gasteiger partial charge on any atom is 0.0720 e. The van der Waals surface area contributed by atoms with Crippen molar-refractivity contribution in [1.29, 1.82) is 0 Å². The number of aryl methyl sites for hydroxylation is 1. The Balaban J connectivity index is 0.000000415. The quantitative estimate of drug-likeness (QED) is 0.108. The maximum absolute atomic E-state index is 4.00. The fraction of sp³-hybridized carbons (Fsp3) is 0.0725. The molecule has 336 valence electrons. The summed E-state index contributed by atoms with van der Waals surface area (Å²) >= 11 is 0. The minimum atomic E-state index is -0.553. The number of terminal acetylenes is 1. The van der Waals surface area contributed by atoms with E-state index in [9.17, 15) is 0 Å². The molecule has 0 atom stereocenters. The molecule has 0 heterocycles. The summed E-state index contributed by atoms with van der Waals surface area (Å²) in [6.07, 6.45) is 14.8. The van der Waals surface area contributed by atoms with Crippen molar-refractivity contribution in [2.24, 2.45) is 0 Å². The Kier molecular flexibility index (Phi) is 12.8. The summed E-state index contributed by atoms with van der Waals surface area (Å²) in [5.41, 5.74) is 18.0. The molecular formula is C69H55N. The lowest BCUT2D eigenvalue weighted by atomic mass is 9.51. The van der Waals surface area contributed by atoms with Crippen LogP contribution in [-0.4, -0.2) is 6.54 Å². The highest BCUT2D eigenvalue weighted by molar-refractivity contribution is 5.97. The molecule has 0 amide bonds. The Bertz CT molecular complexity index is 3330. The molecule has 10 aromatic carbocycles. The minimum Gasteiger partial charge on any atom is -0.337 e. The lowest BCUT2D eigenvalue weighted by Gasteiger charge is -2.50. The summed E-state index contributed by atoms with van der Waals surface area (Å²) in [5, 5.41) is 2.62. The minimum absolute atomic E-state index is 0.530. The zero-order valence-electron chi connectivity index (χ0n) is 39.8. The van der Waals surface area contributed by atoms with Gasteiger partial charge in [0.2, 0.25) is 0 Å². The van der Waals surface area contributed by atoms with Crippen LogP contribution in [0.25, 0.3) is 27.5 Å². The fourth-order valence-electron chi connectivity index (χ4n) is 11.3. The maximum atomic E-state index is 4.00. The van der Waals surface area contributed by atoms with Crippen LogP contribution in [0.5, 0.6) is 0 Å². The van der Waals surface area contributed by atoms with Gasteiger partial charge >= 0.3 is 0 Å². The van der Waals surface area contributed by atoms with E-state index in [1.807, 2.05) is 0 Å². The first kappa shape index (κ1) is 45.1. The highest BCUT2D eigenvalue weighted by Crippen LogP contribution is 2.65. The van der Waals surface area contributed by atoms with Gasteiger partial charge in [0.05, 0.1) is 10.8 Å². The van der Waals surface area contributed by atoms with Crippen LogP contribution in [0.1, 0.15) is 62.6 Å². The van der Waals surface area contributed by atoms with Gasteiger partial charge in [0.15, 0.2) is 0 Å². The molecule has 70 heavy (non-hydrogen) atoms. The molecule has 1 heteroatoms. The molecule has 0 bridgehead atoms. The Labute approximate surface area is 414 Å². The first-order chi connectivity index (χ1) is 34.6. The van der Waals surface area contributed by atoms with Crippen LogP contribution in [0.4, 0.5) is 11.4 Å². The Morgan fingerprint density at radius 2 is 0.857 bits per heavy atom. The summed E-state index contributed by atoms with van der Waals surface area (Å²) in [5.74, 6) is 0. The van der Waals surface area contributed by atoms with E-state index in [4.69, 9.17) is 0 Å². The van der Waals surface area contributed by atoms with Gasteiger partial charge < -0.3 is 4.90 Å². The molecule has 0 saturated carbocycles. The summed E-state index contributed by atoms with van der Waals surface area (Å²) in [7, 11) is 0. The van der Waals surface area contributed by atoms with Crippen LogP contribution in [0.3, 0.4) is 0 Å². The van der Waals surface area contributed by atoms with Crippen molar-refractivity contribution in [1.82, 2.24) is 0 Å². The Hall–Kier alpha value is -8.70. The molecule has 10 aromatic rings. The largest absolute Gasteiger partial charge is 0.337 e. The van der Waals surface area contributed by atoms with Crippen LogP contribution >= 0.6 is 0 Å². The molecule has 2 aliphatic rings. The second-order valence-corrected chi connectivity index (χ2v) is 17.9. The van der Waals surface area contributed by atoms with Crippen molar-refractivity contribution in [3.63, 3.8) is 0 Å². The van der Waals surface area contributed by atoms with E-state index in [0.717, 1.165) is 0 Å². The zero-order valence-corrected chi connectivity index (χ0v) is 39.8. The molecule has 12 rings (SSSR count). The number of hydrogen-bond donors (Lipinski definition) is 0. The predicted molar refractivity (Wildman–Crippen MR) is 297 cm³/mol. The number of hydrogen-bond acceptors (Lipinski definition) is 1. The first-order valence-electron chi connectivity index (χ1n) is 24.2. The lowest BCUT2D eigenvalue weighted by molar-refractivity contribution is 0.623. The van der Waals surface area contributed by atoms with Crippen LogP contribution in [0.15, 0.2) is 273 Å². The number of benzene rings is 10. The van der Waals surface area contributed by atoms with Gasteiger partial charge in [-0.05, 0) is 104 Å². The van der Waals surface area contributed by atoms with Crippen molar-refractivity contribution in [2.45, 2.75) is 24.7 Å². The summed E-state index contributed by atoms with van der Waals surface area (Å²) < 4.78 is 0. The van der Waals surface area contributed by atoms with Gasteiger partial charge in [0.25, 0.3) is 0 Å². The van der Waals surface area contributed by atoms with Gasteiger partial charge in [-0.3, -0.25) is 0 Å². The van der Waals surface area contributed by atoms with Gasteiger partial charge in [-0.15, -0.1) is 12.8 Å². The average Bonchev–Trinajstić information content (AvgIpc) is 3.74. The first-order valence-corrected chi connectivity index (χ1v) is 24.2. The average molecular weight is 898 g/mol. The highest BCUT2D eigenvalue weighted by atomic mass is 15.1. The third kappa shape index (κ3) is 7.65. The fourth-order valence-corrected chi connectivity index (χ4v) is 11.3. The van der Waals surface area contributed by atoms with E-state index in [1.165, 1.54) is 94.5 Å². The molecule has 0 radical (unpaired) electrons. The topological polar surface area (TPSA) is 3.24 Å². The molecule has 2 aliphatic carbocycles. The number of nitrogens with zero attached hydrogens (tertiary/aromatic N) is 1. The number of allylic oxidation sites excluding steroid dienone is 3. The summed E-state index contributed by atoms with van der Waals surface area (Å²) in [6, 6.07) is 93.4. The highest BCUT2D eigenvalue weighted by Gasteiger charge is 2.57. The standard InChI is InChI=1S/C57H45N.C10H8.C2H2/c1-3-42(43-21-7-4-8-22-43)23-20-40-58(46-38-36-41(2)37-39-46)54-35-19-34-53-55(54)47-28-13-14-29-48(47)57(53)51-32-17-15-30-49(51)56(44-24-9-5-10-25-44,45-26-11-6-12-27-45)50-31-16-18-33-52(50)57;1-2-6-10-8-4-3-7-9(10)5-1;1-2/h3-39H,40H2,1-2H3;1-8H;1-2H/b23-20-,42-3+;;. The van der Waals surface area contributed by atoms with Crippen LogP contribution in [0.2, 0.25) is 0 Å². The summed E-state index contributed by atoms with van der Waals surface area (Å²) in [4.78, 5) is 2.50. The molecule has 1 spiro atoms. The van der Waals surface area contributed by atoms with Gasteiger partial charge in [0.1, 0.15) is 0 Å². The van der Waals surface area contributed by atoms with Crippen LogP contribution in [0, 0.1) is 19.8 Å². The third-order valence-corrected chi connectivity index (χ3v) is 14.2. The number of fused-ring (bicyclic) bond motifs is 10. The normalized spacial score (nSPS) is 13.4. The monoisotopic (exact) mass is 897 g/mol. The SMILES string of the molecule is C#C.C/C=C(\C=C/CN(c1ccc(C)cc1)c1cccc2c1-c1ccccc1C21c2ccccc2C(c2ccccc2)(c2ccccc2)c2ccccc21)c1ccccc1.c1ccc2ccccc2c1. The van der Waals surface area contributed by atoms with E-state index < -0.39 is 10.8 Å². The molecule has 0 aromatic heterocycles. The van der Waals surface area contributed by atoms with Crippen molar-refractivity contribution >= 4 is 27.7 Å². The van der Waals surface area contributed by atoms with Gasteiger partial charge in [-0.2, -0.15) is 0 Å². The Morgan fingerprint density at radius 3 is 1.37 bits per heavy atom. The van der Waals surface area contributed by atoms with Crippen molar-refractivity contribution < 1.29 is 0 Å². The van der Waals surface area contributed by atoms with Crippen molar-refractivity contribution in [3.8, 4) is 24.0 Å². The number of anilines is 2. The predicted octanol–water partition coefficient (Wildman–Crippen LogP) is 16.9. The second-order valence-electron chi connectivity index (χ2n) is 17.9. The second kappa shape index (κ2) is 19.9. The molecule has 1 nitrogen and oxygen atoms in total. The van der Waals surface area contributed by atoms with E-state index in [-0.39, 0.29) is 0 Å². The molecule has 0 N–H and O–H groups in total. The summed E-state index contributed by atoms with van der Waals surface area (Å²) in [6.45, 7) is 4.99. The lowest BCUT2D eigenvalue weighted by Crippen LogP contribution is -2.44. The van der Waals surface area contributed by atoms with Gasteiger partial charge in [-0.25, -0.2) is 0 Å². The molecular weight excluding hydrogens is 843 g/mol. The smallest absolute Gasteiger partial charge is 0.0720 e. The molecule has 0 fully saturated rings.